The number of aromatic nitrogens is 2. The highest BCUT2D eigenvalue weighted by atomic mass is 16.6. The molecule has 0 spiro atoms. The minimum atomic E-state index is -0.747. The summed E-state index contributed by atoms with van der Waals surface area (Å²) in [6, 6.07) is 16.7. The van der Waals surface area contributed by atoms with E-state index in [4.69, 9.17) is 4.74 Å². The van der Waals surface area contributed by atoms with Crippen molar-refractivity contribution < 1.29 is 19.1 Å². The number of ketones is 1. The summed E-state index contributed by atoms with van der Waals surface area (Å²) in [6.45, 7) is 2.81. The van der Waals surface area contributed by atoms with E-state index in [1.165, 1.54) is 13.8 Å². The highest BCUT2D eigenvalue weighted by Gasteiger charge is 2.18. The van der Waals surface area contributed by atoms with E-state index in [1.54, 1.807) is 12.1 Å². The molecule has 0 aliphatic carbocycles. The highest BCUT2D eigenvalue weighted by molar-refractivity contribution is 5.96. The number of fused-ring (bicyclic) bond motifs is 1. The lowest BCUT2D eigenvalue weighted by Crippen LogP contribution is -2.37. The summed E-state index contributed by atoms with van der Waals surface area (Å²) >= 11 is 0. The number of ether oxygens (including phenoxy) is 1. The molecule has 1 N–H and O–H groups in total. The molecule has 3 aromatic rings. The Morgan fingerprint density at radius 2 is 1.72 bits per heavy atom. The fourth-order valence-corrected chi connectivity index (χ4v) is 3.20. The number of aryl methyl sites for hydroxylation is 1. The zero-order chi connectivity index (χ0) is 20.8. The average molecular weight is 393 g/mol. The average Bonchev–Trinajstić information content (AvgIpc) is 3.03. The predicted octanol–water partition coefficient (Wildman–Crippen LogP) is 2.88. The maximum atomic E-state index is 12.8. The van der Waals surface area contributed by atoms with Crippen molar-refractivity contribution in [2.45, 2.75) is 39.5 Å². The summed E-state index contributed by atoms with van der Waals surface area (Å²) < 4.78 is 7.05. The summed E-state index contributed by atoms with van der Waals surface area (Å²) in [7, 11) is 0. The topological polar surface area (TPSA) is 90.3 Å². The van der Waals surface area contributed by atoms with E-state index in [0.717, 1.165) is 11.0 Å². The fraction of sp³-hybridized carbons (Fsp3) is 0.273. The monoisotopic (exact) mass is 393 g/mol. The standard InChI is InChI=1S/C22H23N3O4/c1-15(26)23-22(29-16(2)27)13-12-21-24-18-10-6-7-11-19(18)25(21)14-20(28)17-8-4-3-5-9-17/h3-11,22H,12-14H2,1-2H3,(H,23,26). The molecule has 3 rings (SSSR count). The van der Waals surface area contributed by atoms with Crippen molar-refractivity contribution in [3.63, 3.8) is 0 Å². The maximum Gasteiger partial charge on any atom is 0.304 e. The lowest BCUT2D eigenvalue weighted by Gasteiger charge is -2.17. The number of hydrogen-bond donors (Lipinski definition) is 1. The Hall–Kier alpha value is -3.48. The molecule has 2 aromatic carbocycles. The molecule has 0 aliphatic rings. The van der Waals surface area contributed by atoms with Gasteiger partial charge in [-0.05, 0) is 12.1 Å². The van der Waals surface area contributed by atoms with Crippen LogP contribution in [0.4, 0.5) is 0 Å². The Morgan fingerprint density at radius 3 is 2.41 bits per heavy atom. The number of benzene rings is 2. The summed E-state index contributed by atoms with van der Waals surface area (Å²) in [5.41, 5.74) is 2.27. The first-order valence-corrected chi connectivity index (χ1v) is 9.40. The van der Waals surface area contributed by atoms with Crippen LogP contribution in [-0.2, 0) is 27.3 Å². The third-order valence-electron chi connectivity index (χ3n) is 4.43. The van der Waals surface area contributed by atoms with Crippen LogP contribution in [0.2, 0.25) is 0 Å². The van der Waals surface area contributed by atoms with Crippen LogP contribution in [0.25, 0.3) is 11.0 Å². The summed E-state index contributed by atoms with van der Waals surface area (Å²) in [6.07, 6.45) is 0.0276. The molecule has 0 radical (unpaired) electrons. The van der Waals surface area contributed by atoms with Gasteiger partial charge in [-0.2, -0.15) is 0 Å². The molecule has 0 saturated carbocycles. The minimum Gasteiger partial charge on any atom is -0.442 e. The van der Waals surface area contributed by atoms with Crippen LogP contribution in [0.15, 0.2) is 54.6 Å². The lowest BCUT2D eigenvalue weighted by molar-refractivity contribution is -0.149. The molecule has 1 atom stereocenters. The van der Waals surface area contributed by atoms with Crippen molar-refractivity contribution in [1.82, 2.24) is 14.9 Å². The van der Waals surface area contributed by atoms with Crippen molar-refractivity contribution in [3.05, 3.63) is 66.0 Å². The van der Waals surface area contributed by atoms with E-state index in [-0.39, 0.29) is 18.2 Å². The third-order valence-corrected chi connectivity index (χ3v) is 4.43. The van der Waals surface area contributed by atoms with Crippen LogP contribution >= 0.6 is 0 Å². The molecule has 0 fully saturated rings. The van der Waals surface area contributed by atoms with E-state index in [2.05, 4.69) is 10.3 Å². The van der Waals surface area contributed by atoms with E-state index in [0.29, 0.717) is 24.2 Å². The molecule has 0 bridgehead atoms. The molecule has 0 saturated heterocycles. The van der Waals surface area contributed by atoms with E-state index in [9.17, 15) is 14.4 Å². The van der Waals surface area contributed by atoms with Gasteiger partial charge in [0.05, 0.1) is 17.6 Å². The van der Waals surface area contributed by atoms with Crippen molar-refractivity contribution in [1.29, 1.82) is 0 Å². The van der Waals surface area contributed by atoms with E-state index >= 15 is 0 Å². The number of rotatable bonds is 8. The van der Waals surface area contributed by atoms with Gasteiger partial charge in [0.2, 0.25) is 5.91 Å². The van der Waals surface area contributed by atoms with Crippen LogP contribution in [0.1, 0.15) is 36.5 Å². The molecule has 7 heteroatoms. The highest BCUT2D eigenvalue weighted by Crippen LogP contribution is 2.19. The van der Waals surface area contributed by atoms with Crippen molar-refractivity contribution in [2.24, 2.45) is 0 Å². The number of nitrogens with zero attached hydrogens (tertiary/aromatic N) is 2. The number of Topliss-reactive ketones (excluding diaryl/α,β-unsaturated/α-hetero) is 1. The zero-order valence-electron chi connectivity index (χ0n) is 16.4. The van der Waals surface area contributed by atoms with Gasteiger partial charge in [0.25, 0.3) is 0 Å². The van der Waals surface area contributed by atoms with Crippen LogP contribution in [0, 0.1) is 0 Å². The summed E-state index contributed by atoms with van der Waals surface area (Å²) in [4.78, 5) is 40.1. The minimum absolute atomic E-state index is 0.0200. The number of carbonyl (C=O) groups excluding carboxylic acids is 3. The Balaban J connectivity index is 1.85. The third kappa shape index (κ3) is 5.28. The van der Waals surface area contributed by atoms with Crippen LogP contribution in [-0.4, -0.2) is 33.4 Å². The van der Waals surface area contributed by atoms with Gasteiger partial charge in [-0.25, -0.2) is 4.98 Å². The first-order chi connectivity index (χ1) is 13.9. The first kappa shape index (κ1) is 20.3. The second kappa shape index (κ2) is 9.14. The Kier molecular flexibility index (Phi) is 6.39. The van der Waals surface area contributed by atoms with Crippen molar-refractivity contribution in [2.75, 3.05) is 0 Å². The molecule has 1 aromatic heterocycles. The van der Waals surface area contributed by atoms with Crippen LogP contribution < -0.4 is 5.32 Å². The van der Waals surface area contributed by atoms with Gasteiger partial charge in [0.15, 0.2) is 12.0 Å². The first-order valence-electron chi connectivity index (χ1n) is 9.40. The van der Waals surface area contributed by atoms with E-state index < -0.39 is 12.2 Å². The second-order valence-electron chi connectivity index (χ2n) is 6.73. The number of para-hydroxylation sites is 2. The van der Waals surface area contributed by atoms with Crippen LogP contribution in [0.3, 0.4) is 0 Å². The van der Waals surface area contributed by atoms with Gasteiger partial charge < -0.3 is 14.6 Å². The van der Waals surface area contributed by atoms with Gasteiger partial charge in [0, 0.05) is 32.3 Å². The normalized spacial score (nSPS) is 11.8. The largest absolute Gasteiger partial charge is 0.442 e. The molecular weight excluding hydrogens is 370 g/mol. The van der Waals surface area contributed by atoms with Crippen LogP contribution in [0.5, 0.6) is 0 Å². The number of amides is 1. The Bertz CT molecular complexity index is 1010. The summed E-state index contributed by atoms with van der Waals surface area (Å²) in [5.74, 6) is -0.0908. The smallest absolute Gasteiger partial charge is 0.304 e. The molecule has 1 unspecified atom stereocenters. The zero-order valence-corrected chi connectivity index (χ0v) is 16.4. The maximum absolute atomic E-state index is 12.8. The lowest BCUT2D eigenvalue weighted by atomic mass is 10.1. The van der Waals surface area contributed by atoms with E-state index in [1.807, 2.05) is 47.0 Å². The quantitative estimate of drug-likeness (QED) is 0.361. The molecule has 1 amide bonds. The van der Waals surface area contributed by atoms with Gasteiger partial charge in [0.1, 0.15) is 5.82 Å². The second-order valence-corrected chi connectivity index (χ2v) is 6.73. The number of nitrogens with one attached hydrogen (secondary N) is 1. The van der Waals surface area contributed by atoms with Gasteiger partial charge in [-0.1, -0.05) is 42.5 Å². The van der Waals surface area contributed by atoms with Gasteiger partial charge >= 0.3 is 5.97 Å². The molecular formula is C22H23N3O4. The number of imidazole rings is 1. The molecule has 29 heavy (non-hydrogen) atoms. The van der Waals surface area contributed by atoms with Gasteiger partial charge in [-0.15, -0.1) is 0 Å². The number of carbonyl (C=O) groups is 3. The number of hydrogen-bond acceptors (Lipinski definition) is 5. The molecule has 0 aliphatic heterocycles. The van der Waals surface area contributed by atoms with Crippen molar-refractivity contribution >= 4 is 28.7 Å². The predicted molar refractivity (Wildman–Crippen MR) is 108 cm³/mol. The van der Waals surface area contributed by atoms with Gasteiger partial charge in [-0.3, -0.25) is 14.4 Å². The van der Waals surface area contributed by atoms with Crippen molar-refractivity contribution in [3.8, 4) is 0 Å². The molecule has 7 nitrogen and oxygen atoms in total. The number of esters is 1. The molecule has 150 valence electrons. The fourth-order valence-electron chi connectivity index (χ4n) is 3.20. The Morgan fingerprint density at radius 1 is 1.03 bits per heavy atom. The molecule has 1 heterocycles. The SMILES string of the molecule is CC(=O)NC(CCc1nc2ccccc2n1CC(=O)c1ccccc1)OC(C)=O. The summed E-state index contributed by atoms with van der Waals surface area (Å²) in [5, 5.41) is 2.62. The Labute approximate surface area is 168 Å².